The molecular weight excluding hydrogens is 803 g/mol. The topological polar surface area (TPSA) is 71.1 Å². The van der Waals surface area contributed by atoms with Crippen LogP contribution < -0.4 is 5.32 Å². The van der Waals surface area contributed by atoms with Gasteiger partial charge in [0.15, 0.2) is 0 Å². The molecule has 1 N–H and O–H groups in total. The Morgan fingerprint density at radius 2 is 1.35 bits per heavy atom. The number of methoxy groups -OCH3 is 1. The molecule has 1 amide bonds. The number of hydrogen-bond acceptors (Lipinski definition) is 6. The van der Waals surface area contributed by atoms with Gasteiger partial charge in [-0.1, -0.05) is 79.2 Å². The van der Waals surface area contributed by atoms with Crippen LogP contribution in [-0.2, 0) is 9.47 Å². The van der Waals surface area contributed by atoms with Crippen LogP contribution in [0.3, 0.4) is 0 Å². The second kappa shape index (κ2) is 25.5. The molecule has 1 saturated heterocycles. The predicted molar refractivity (Wildman–Crippen MR) is 276 cm³/mol. The molecule has 0 radical (unpaired) electrons. The second-order valence-corrected chi connectivity index (χ2v) is 20.6. The van der Waals surface area contributed by atoms with Crippen molar-refractivity contribution >= 4 is 17.6 Å². The van der Waals surface area contributed by atoms with Gasteiger partial charge in [0, 0.05) is 44.8 Å². The SMILES string of the molecule is C#C.C#C.C#C.C#C.C=CC.CC.COC(=O)c1ccc(C2=CC[C@@]3(C)C(CC[C@]4(C)C3CC[C@@H]3C5CCC[C@]5(NCCN5CCN(C(=O)OC(C)(C)C)CC5)CC[C@]34C)C2(C)C)cc1. The van der Waals surface area contributed by atoms with E-state index in [0.29, 0.717) is 27.9 Å². The smallest absolute Gasteiger partial charge is 0.410 e. The second-order valence-electron chi connectivity index (χ2n) is 20.6. The Morgan fingerprint density at radius 3 is 1.89 bits per heavy atom. The standard InChI is InChI=1S/C45H69N3O4.C3H6.C2H6.4C2H2/c1-40(2,3)52-39(50)48-29-27-47(28-30-48)26-25-46-45-20-10-11-35(45)34-16-17-37-42(6)21-18-33(31-12-14-32(15-13-31)38(49)51-9)41(4,5)36(42)19-22-44(37,8)43(34,7)23-24-45;1-3-2;5*1-2/h12-15,18,34-37,46H,10-11,16-17,19-30H2,1-9H3;3H,1H2,2H3;1-2H3;4*1-2H/t34-,35?,36?,37?,42+,43-,44-,45+;;;;;;/m1....../s1. The molecule has 1 aromatic rings. The maximum Gasteiger partial charge on any atom is 0.410 e. The summed E-state index contributed by atoms with van der Waals surface area (Å²) in [6, 6.07) is 8.14. The minimum atomic E-state index is -0.447. The lowest BCUT2D eigenvalue weighted by atomic mass is 9.33. The van der Waals surface area contributed by atoms with E-state index in [-0.39, 0.29) is 22.9 Å². The lowest BCUT2D eigenvalue weighted by Crippen LogP contribution is -2.67. The first-order valence-corrected chi connectivity index (χ1v) is 24.1. The highest BCUT2D eigenvalue weighted by Crippen LogP contribution is 2.76. The maximum absolute atomic E-state index is 12.6. The number of carbonyl (C=O) groups is 2. The molecule has 7 rings (SSSR count). The number of carbonyl (C=O) groups excluding carboxylic acids is 2. The first-order chi connectivity index (χ1) is 30.9. The number of terminal acetylenes is 4. The van der Waals surface area contributed by atoms with Crippen LogP contribution in [0.5, 0.6) is 0 Å². The van der Waals surface area contributed by atoms with Crippen LogP contribution >= 0.6 is 0 Å². The molecule has 5 fully saturated rings. The molecule has 6 aliphatic rings. The monoisotopic (exact) mass is 892 g/mol. The van der Waals surface area contributed by atoms with Crippen LogP contribution in [-0.4, -0.2) is 79.4 Å². The summed E-state index contributed by atoms with van der Waals surface area (Å²) in [5.74, 6) is 2.68. The van der Waals surface area contributed by atoms with Gasteiger partial charge in [-0.25, -0.2) is 9.59 Å². The number of amides is 1. The van der Waals surface area contributed by atoms with E-state index in [4.69, 9.17) is 9.47 Å². The highest BCUT2D eigenvalue weighted by Gasteiger charge is 2.69. The van der Waals surface area contributed by atoms with Crippen molar-refractivity contribution in [3.8, 4) is 51.4 Å². The number of piperazine rings is 1. The molecule has 7 nitrogen and oxygen atoms in total. The van der Waals surface area contributed by atoms with E-state index in [2.05, 4.69) is 121 Å². The Bertz CT molecular complexity index is 1750. The molecule has 0 aromatic heterocycles. The van der Waals surface area contributed by atoms with Crippen molar-refractivity contribution in [2.75, 3.05) is 46.4 Å². The van der Waals surface area contributed by atoms with Crippen molar-refractivity contribution < 1.29 is 19.1 Å². The van der Waals surface area contributed by atoms with Crippen LogP contribution in [0.25, 0.3) is 5.57 Å². The largest absolute Gasteiger partial charge is 0.465 e. The zero-order valence-corrected chi connectivity index (χ0v) is 42.9. The average Bonchev–Trinajstić information content (AvgIpc) is 3.74. The highest BCUT2D eigenvalue weighted by molar-refractivity contribution is 5.90. The highest BCUT2D eigenvalue weighted by atomic mass is 16.6. The number of nitrogens with one attached hydrogen (secondary N) is 1. The molecule has 65 heavy (non-hydrogen) atoms. The van der Waals surface area contributed by atoms with Crippen molar-refractivity contribution in [2.24, 2.45) is 45.3 Å². The Balaban J connectivity index is 0.00000149. The average molecular weight is 892 g/mol. The molecule has 1 aromatic carbocycles. The third-order valence-electron chi connectivity index (χ3n) is 16.5. The van der Waals surface area contributed by atoms with Gasteiger partial charge in [0.2, 0.25) is 0 Å². The fourth-order valence-electron chi connectivity index (χ4n) is 13.8. The van der Waals surface area contributed by atoms with Crippen LogP contribution in [0.1, 0.15) is 156 Å². The summed E-state index contributed by atoms with van der Waals surface area (Å²) in [5.41, 5.74) is 4.26. The van der Waals surface area contributed by atoms with Crippen molar-refractivity contribution in [3.05, 3.63) is 54.1 Å². The Kier molecular flexibility index (Phi) is 23.0. The van der Waals surface area contributed by atoms with Gasteiger partial charge in [0.05, 0.1) is 12.7 Å². The van der Waals surface area contributed by atoms with Crippen molar-refractivity contribution in [1.29, 1.82) is 0 Å². The van der Waals surface area contributed by atoms with Crippen molar-refractivity contribution in [3.63, 3.8) is 0 Å². The summed E-state index contributed by atoms with van der Waals surface area (Å²) in [6.07, 6.45) is 49.4. The molecule has 8 atom stereocenters. The third kappa shape index (κ3) is 12.1. The molecular formula is C58H89N3O4. The van der Waals surface area contributed by atoms with Crippen LogP contribution in [0.4, 0.5) is 4.79 Å². The van der Waals surface area contributed by atoms with E-state index < -0.39 is 5.60 Å². The van der Waals surface area contributed by atoms with Crippen LogP contribution in [0, 0.1) is 96.7 Å². The normalized spacial score (nSPS) is 31.3. The molecule has 7 heteroatoms. The van der Waals surface area contributed by atoms with E-state index in [0.717, 1.165) is 63.4 Å². The molecule has 5 aliphatic carbocycles. The molecule has 0 spiro atoms. The van der Waals surface area contributed by atoms with E-state index in [1.807, 2.05) is 58.6 Å². The molecule has 0 bridgehead atoms. The number of benzene rings is 1. The van der Waals surface area contributed by atoms with Crippen LogP contribution in [0.15, 0.2) is 43.0 Å². The van der Waals surface area contributed by atoms with Gasteiger partial charge < -0.3 is 19.7 Å². The number of nitrogens with zero attached hydrogens (tertiary/aromatic N) is 2. The maximum atomic E-state index is 12.6. The Hall–Kier alpha value is -4.40. The summed E-state index contributed by atoms with van der Waals surface area (Å²) >= 11 is 0. The molecule has 360 valence electrons. The van der Waals surface area contributed by atoms with E-state index in [1.54, 1.807) is 6.08 Å². The van der Waals surface area contributed by atoms with Gasteiger partial charge in [0.25, 0.3) is 0 Å². The van der Waals surface area contributed by atoms with Gasteiger partial charge in [-0.05, 0) is 154 Å². The fourth-order valence-corrected chi connectivity index (χ4v) is 13.8. The summed E-state index contributed by atoms with van der Waals surface area (Å²) in [7, 11) is 1.45. The van der Waals surface area contributed by atoms with Crippen molar-refractivity contribution in [2.45, 2.75) is 152 Å². The van der Waals surface area contributed by atoms with E-state index >= 15 is 0 Å². The number of allylic oxidation sites excluding steroid dienone is 3. The lowest BCUT2D eigenvalue weighted by Gasteiger charge is -2.72. The molecule has 1 heterocycles. The molecule has 1 aliphatic heterocycles. The zero-order chi connectivity index (χ0) is 50.0. The fraction of sp³-hybridized carbons (Fsp3) is 0.655. The summed E-state index contributed by atoms with van der Waals surface area (Å²) in [6.45, 7) is 33.7. The lowest BCUT2D eigenvalue weighted by molar-refractivity contribution is -0.217. The van der Waals surface area contributed by atoms with Gasteiger partial charge >= 0.3 is 12.1 Å². The Labute approximate surface area is 399 Å². The van der Waals surface area contributed by atoms with Gasteiger partial charge in [-0.3, -0.25) is 4.90 Å². The first-order valence-electron chi connectivity index (χ1n) is 24.1. The summed E-state index contributed by atoms with van der Waals surface area (Å²) in [5, 5.41) is 4.26. The van der Waals surface area contributed by atoms with Crippen LogP contribution in [0.2, 0.25) is 0 Å². The minimum Gasteiger partial charge on any atom is -0.465 e. The number of fused-ring (bicyclic) bond motifs is 7. The van der Waals surface area contributed by atoms with Gasteiger partial charge in [-0.15, -0.1) is 58.0 Å². The van der Waals surface area contributed by atoms with E-state index in [9.17, 15) is 9.59 Å². The van der Waals surface area contributed by atoms with Gasteiger partial charge in [-0.2, -0.15) is 0 Å². The Morgan fingerprint density at radius 1 is 0.785 bits per heavy atom. The number of esters is 1. The van der Waals surface area contributed by atoms with Gasteiger partial charge in [0.1, 0.15) is 5.60 Å². The van der Waals surface area contributed by atoms with E-state index in [1.165, 1.54) is 76.0 Å². The number of hydrogen-bond donors (Lipinski definition) is 1. The number of ether oxygens (including phenoxy) is 2. The number of rotatable bonds is 6. The molecule has 3 unspecified atom stereocenters. The summed E-state index contributed by atoms with van der Waals surface area (Å²) < 4.78 is 10.6. The third-order valence-corrected chi connectivity index (χ3v) is 16.5. The zero-order valence-electron chi connectivity index (χ0n) is 42.9. The predicted octanol–water partition coefficient (Wildman–Crippen LogP) is 12.4. The molecule has 4 saturated carbocycles. The van der Waals surface area contributed by atoms with Crippen molar-refractivity contribution in [1.82, 2.24) is 15.1 Å². The quantitative estimate of drug-likeness (QED) is 0.174. The first kappa shape index (κ1) is 58.6. The minimum absolute atomic E-state index is 0.0678. The summed E-state index contributed by atoms with van der Waals surface area (Å²) in [4.78, 5) is 29.1.